The van der Waals surface area contributed by atoms with E-state index in [0.717, 1.165) is 22.9 Å². The quantitative estimate of drug-likeness (QED) is 0.388. The predicted molar refractivity (Wildman–Crippen MR) is 94.1 cm³/mol. The molecule has 1 rings (SSSR count). The molecular formula is C18H23BrN2O. The van der Waals surface area contributed by atoms with Crippen LogP contribution in [0.25, 0.3) is 6.08 Å². The number of carbonyl (C=O) groups is 1. The zero-order valence-corrected chi connectivity index (χ0v) is 14.7. The van der Waals surface area contributed by atoms with Gasteiger partial charge in [0.15, 0.2) is 0 Å². The summed E-state index contributed by atoms with van der Waals surface area (Å²) in [5.74, 6) is -0.295. The fraction of sp³-hybridized carbons (Fsp3) is 0.444. The highest BCUT2D eigenvalue weighted by Crippen LogP contribution is 2.14. The van der Waals surface area contributed by atoms with Crippen LogP contribution in [0.2, 0.25) is 0 Å². The molecule has 0 aliphatic rings. The molecule has 0 atom stereocenters. The number of halogens is 1. The summed E-state index contributed by atoms with van der Waals surface area (Å²) in [6, 6.07) is 9.49. The summed E-state index contributed by atoms with van der Waals surface area (Å²) in [6.45, 7) is 2.82. The Balaban J connectivity index is 2.40. The van der Waals surface area contributed by atoms with Crippen molar-refractivity contribution in [3.63, 3.8) is 0 Å². The second-order valence-corrected chi connectivity index (χ2v) is 6.16. The number of hydrogen-bond donors (Lipinski definition) is 1. The highest BCUT2D eigenvalue weighted by Gasteiger charge is 2.08. The summed E-state index contributed by atoms with van der Waals surface area (Å²) in [5, 5.41) is 12.0. The molecule has 22 heavy (non-hydrogen) atoms. The smallest absolute Gasteiger partial charge is 0.261 e. The van der Waals surface area contributed by atoms with Crippen LogP contribution in [-0.2, 0) is 4.79 Å². The van der Waals surface area contributed by atoms with Gasteiger partial charge in [-0.2, -0.15) is 5.26 Å². The largest absolute Gasteiger partial charge is 0.351 e. The first-order valence-corrected chi connectivity index (χ1v) is 8.62. The number of carbonyl (C=O) groups excluding carboxylic acids is 1. The number of nitrogens with zero attached hydrogens (tertiary/aromatic N) is 1. The molecule has 1 amide bonds. The van der Waals surface area contributed by atoms with Crippen molar-refractivity contribution in [2.75, 3.05) is 6.54 Å². The van der Waals surface area contributed by atoms with Gasteiger partial charge in [0.25, 0.3) is 5.91 Å². The van der Waals surface area contributed by atoms with Crippen LogP contribution in [0.4, 0.5) is 0 Å². The summed E-state index contributed by atoms with van der Waals surface area (Å²) >= 11 is 3.38. The Bertz CT molecular complexity index is 546. The summed E-state index contributed by atoms with van der Waals surface area (Å²) in [4.78, 5) is 12.0. The first kappa shape index (κ1) is 18.4. The van der Waals surface area contributed by atoms with Gasteiger partial charge in [0.1, 0.15) is 11.6 Å². The maximum atomic E-state index is 12.0. The number of unbranched alkanes of at least 4 members (excludes halogenated alkanes) is 5. The van der Waals surface area contributed by atoms with Crippen molar-refractivity contribution in [1.29, 1.82) is 5.26 Å². The van der Waals surface area contributed by atoms with Crippen LogP contribution in [0.5, 0.6) is 0 Å². The minimum atomic E-state index is -0.295. The van der Waals surface area contributed by atoms with Crippen LogP contribution in [0.3, 0.4) is 0 Å². The summed E-state index contributed by atoms with van der Waals surface area (Å²) in [6.07, 6.45) is 8.69. The number of rotatable bonds is 9. The molecule has 0 spiro atoms. The summed E-state index contributed by atoms with van der Waals surface area (Å²) in [5.41, 5.74) is 0.977. The third-order valence-electron chi connectivity index (χ3n) is 3.34. The van der Waals surface area contributed by atoms with Gasteiger partial charge in [-0.3, -0.25) is 4.79 Å². The lowest BCUT2D eigenvalue weighted by Gasteiger charge is -2.04. The second kappa shape index (κ2) is 11.0. The van der Waals surface area contributed by atoms with Crippen LogP contribution in [-0.4, -0.2) is 12.5 Å². The van der Waals surface area contributed by atoms with Crippen molar-refractivity contribution in [1.82, 2.24) is 5.32 Å². The first-order valence-electron chi connectivity index (χ1n) is 7.83. The number of hydrogen-bond acceptors (Lipinski definition) is 2. The number of amides is 1. The van der Waals surface area contributed by atoms with Gasteiger partial charge in [0.2, 0.25) is 0 Å². The zero-order chi connectivity index (χ0) is 16.2. The summed E-state index contributed by atoms with van der Waals surface area (Å²) in [7, 11) is 0. The van der Waals surface area contributed by atoms with Gasteiger partial charge in [0.05, 0.1) is 0 Å². The predicted octanol–water partition coefficient (Wildman–Crippen LogP) is 4.83. The standard InChI is InChI=1S/C18H23BrN2O/c1-2-3-4-5-6-7-11-21-18(22)16(14-20)12-15-9-8-10-17(19)13-15/h8-10,12-13H,2-7,11H2,1H3,(H,21,22)/b16-12-. The molecule has 0 fully saturated rings. The van der Waals surface area contributed by atoms with Crippen LogP contribution in [0, 0.1) is 11.3 Å². The van der Waals surface area contributed by atoms with E-state index in [4.69, 9.17) is 5.26 Å². The number of benzene rings is 1. The van der Waals surface area contributed by atoms with E-state index in [-0.39, 0.29) is 11.5 Å². The van der Waals surface area contributed by atoms with E-state index in [1.54, 1.807) is 6.08 Å². The fourth-order valence-corrected chi connectivity index (χ4v) is 2.53. The van der Waals surface area contributed by atoms with Crippen LogP contribution >= 0.6 is 15.9 Å². The van der Waals surface area contributed by atoms with Crippen molar-refractivity contribution >= 4 is 27.9 Å². The average molecular weight is 363 g/mol. The molecule has 1 aromatic rings. The third kappa shape index (κ3) is 7.42. The van der Waals surface area contributed by atoms with Crippen molar-refractivity contribution in [2.24, 2.45) is 0 Å². The van der Waals surface area contributed by atoms with Gasteiger partial charge in [-0.1, -0.05) is 67.1 Å². The Kier molecular flexibility index (Phi) is 9.25. The van der Waals surface area contributed by atoms with Gasteiger partial charge in [-0.15, -0.1) is 0 Å². The molecule has 0 saturated carbocycles. The van der Waals surface area contributed by atoms with Crippen LogP contribution < -0.4 is 5.32 Å². The molecule has 0 unspecified atom stereocenters. The Labute approximate surface area is 141 Å². The Hall–Kier alpha value is -1.60. The molecule has 0 aromatic heterocycles. The lowest BCUT2D eigenvalue weighted by molar-refractivity contribution is -0.117. The summed E-state index contributed by atoms with van der Waals surface area (Å²) < 4.78 is 0.922. The fourth-order valence-electron chi connectivity index (χ4n) is 2.11. The van der Waals surface area contributed by atoms with Crippen LogP contribution in [0.15, 0.2) is 34.3 Å². The Morgan fingerprint density at radius 3 is 2.68 bits per heavy atom. The van der Waals surface area contributed by atoms with E-state index < -0.39 is 0 Å². The van der Waals surface area contributed by atoms with E-state index in [9.17, 15) is 4.79 Å². The number of nitrogens with one attached hydrogen (secondary N) is 1. The monoisotopic (exact) mass is 362 g/mol. The molecule has 3 nitrogen and oxygen atoms in total. The van der Waals surface area contributed by atoms with Crippen LogP contribution in [0.1, 0.15) is 51.0 Å². The van der Waals surface area contributed by atoms with Crippen molar-refractivity contribution in [2.45, 2.75) is 45.4 Å². The maximum absolute atomic E-state index is 12.0. The lowest BCUT2D eigenvalue weighted by atomic mass is 10.1. The maximum Gasteiger partial charge on any atom is 0.261 e. The minimum Gasteiger partial charge on any atom is -0.351 e. The molecule has 0 bridgehead atoms. The average Bonchev–Trinajstić information content (AvgIpc) is 2.51. The molecule has 1 aromatic carbocycles. The molecule has 0 saturated heterocycles. The van der Waals surface area contributed by atoms with Crippen molar-refractivity contribution in [3.8, 4) is 6.07 Å². The number of nitriles is 1. The van der Waals surface area contributed by atoms with E-state index in [1.807, 2.05) is 30.3 Å². The second-order valence-electron chi connectivity index (χ2n) is 5.25. The van der Waals surface area contributed by atoms with Gasteiger partial charge < -0.3 is 5.32 Å². The van der Waals surface area contributed by atoms with Crippen molar-refractivity contribution < 1.29 is 4.79 Å². The molecule has 0 radical (unpaired) electrons. The van der Waals surface area contributed by atoms with E-state index in [1.165, 1.54) is 25.7 Å². The third-order valence-corrected chi connectivity index (χ3v) is 3.83. The highest BCUT2D eigenvalue weighted by atomic mass is 79.9. The minimum absolute atomic E-state index is 0.143. The van der Waals surface area contributed by atoms with E-state index in [0.29, 0.717) is 6.54 Å². The topological polar surface area (TPSA) is 52.9 Å². The lowest BCUT2D eigenvalue weighted by Crippen LogP contribution is -2.25. The van der Waals surface area contributed by atoms with Gasteiger partial charge in [0, 0.05) is 11.0 Å². The molecule has 4 heteroatoms. The molecular weight excluding hydrogens is 340 g/mol. The molecule has 118 valence electrons. The van der Waals surface area contributed by atoms with Crippen molar-refractivity contribution in [3.05, 3.63) is 39.9 Å². The molecule has 0 heterocycles. The molecule has 1 N–H and O–H groups in total. The van der Waals surface area contributed by atoms with Gasteiger partial charge in [-0.25, -0.2) is 0 Å². The van der Waals surface area contributed by atoms with E-state index in [2.05, 4.69) is 28.2 Å². The Morgan fingerprint density at radius 2 is 2.00 bits per heavy atom. The SMILES string of the molecule is CCCCCCCCNC(=O)/C(C#N)=C\c1cccc(Br)c1. The Morgan fingerprint density at radius 1 is 1.27 bits per heavy atom. The first-order chi connectivity index (χ1) is 10.7. The highest BCUT2D eigenvalue weighted by molar-refractivity contribution is 9.10. The van der Waals surface area contributed by atoms with Gasteiger partial charge in [-0.05, 0) is 30.2 Å². The van der Waals surface area contributed by atoms with E-state index >= 15 is 0 Å². The zero-order valence-electron chi connectivity index (χ0n) is 13.1. The van der Waals surface area contributed by atoms with Gasteiger partial charge >= 0.3 is 0 Å². The molecule has 0 aliphatic heterocycles. The normalized spacial score (nSPS) is 11.0. The molecule has 0 aliphatic carbocycles.